The summed E-state index contributed by atoms with van der Waals surface area (Å²) < 4.78 is 68.1. The number of aliphatic hydroxyl groups excluding tert-OH is 1. The highest BCUT2D eigenvalue weighted by Crippen LogP contribution is 2.45. The van der Waals surface area contributed by atoms with Gasteiger partial charge < -0.3 is 33.8 Å². The molecule has 0 radical (unpaired) electrons. The van der Waals surface area contributed by atoms with Crippen molar-refractivity contribution in [1.82, 2.24) is 0 Å². The summed E-state index contributed by atoms with van der Waals surface area (Å²) in [6.07, 6.45) is 47.3. The van der Waals surface area contributed by atoms with E-state index in [2.05, 4.69) is 34.6 Å². The van der Waals surface area contributed by atoms with Gasteiger partial charge in [0, 0.05) is 25.7 Å². The van der Waals surface area contributed by atoms with Crippen molar-refractivity contribution in [3.8, 4) is 0 Å². The first-order valence-electron chi connectivity index (χ1n) is 35.6. The molecule has 0 rings (SSSR count). The second-order valence-electron chi connectivity index (χ2n) is 25.0. The van der Waals surface area contributed by atoms with Crippen molar-refractivity contribution in [3.63, 3.8) is 0 Å². The number of hydrogen-bond acceptors (Lipinski definition) is 15. The van der Waals surface area contributed by atoms with Gasteiger partial charge >= 0.3 is 39.5 Å². The third-order valence-electron chi connectivity index (χ3n) is 15.8. The summed E-state index contributed by atoms with van der Waals surface area (Å²) in [6.45, 7) is 7.16. The normalized spacial score (nSPS) is 14.1. The number of carbonyl (C=O) groups excluding carboxylic acids is 4. The summed E-state index contributed by atoms with van der Waals surface area (Å²) in [4.78, 5) is 72.3. The molecule has 0 aliphatic rings. The quantitative estimate of drug-likeness (QED) is 0.0222. The van der Waals surface area contributed by atoms with Gasteiger partial charge in [0.05, 0.1) is 26.4 Å². The smallest absolute Gasteiger partial charge is 0.462 e. The van der Waals surface area contributed by atoms with Crippen molar-refractivity contribution in [3.05, 3.63) is 0 Å². The Hall–Kier alpha value is -1.94. The molecule has 2 unspecified atom stereocenters. The van der Waals surface area contributed by atoms with Crippen LogP contribution in [0.2, 0.25) is 0 Å². The number of hydrogen-bond donors (Lipinski definition) is 3. The average Bonchev–Trinajstić information content (AvgIpc) is 3.70. The minimum Gasteiger partial charge on any atom is -0.462 e. The number of phosphoric ester groups is 2. The van der Waals surface area contributed by atoms with E-state index in [0.717, 1.165) is 102 Å². The van der Waals surface area contributed by atoms with Gasteiger partial charge in [-0.1, -0.05) is 298 Å². The highest BCUT2D eigenvalue weighted by Gasteiger charge is 2.30. The average molecular weight is 1280 g/mol. The Morgan fingerprint density at radius 2 is 0.529 bits per heavy atom. The van der Waals surface area contributed by atoms with Gasteiger partial charge in [-0.25, -0.2) is 9.13 Å². The van der Waals surface area contributed by atoms with Gasteiger partial charge in [0.2, 0.25) is 0 Å². The van der Waals surface area contributed by atoms with E-state index < -0.39 is 97.5 Å². The van der Waals surface area contributed by atoms with Gasteiger partial charge in [-0.3, -0.25) is 37.3 Å². The lowest BCUT2D eigenvalue weighted by Crippen LogP contribution is -2.30. The minimum atomic E-state index is -4.95. The maximum Gasteiger partial charge on any atom is 0.472 e. The Kier molecular flexibility index (Phi) is 60.2. The van der Waals surface area contributed by atoms with Gasteiger partial charge in [-0.15, -0.1) is 0 Å². The van der Waals surface area contributed by atoms with Crippen LogP contribution in [0.5, 0.6) is 0 Å². The summed E-state index contributed by atoms with van der Waals surface area (Å²) in [5.41, 5.74) is 0. The molecule has 0 saturated heterocycles. The van der Waals surface area contributed by atoms with Gasteiger partial charge in [0.25, 0.3) is 0 Å². The highest BCUT2D eigenvalue weighted by molar-refractivity contribution is 7.47. The molecule has 87 heavy (non-hydrogen) atoms. The Morgan fingerprint density at radius 1 is 0.310 bits per heavy atom. The van der Waals surface area contributed by atoms with E-state index in [0.29, 0.717) is 25.7 Å². The highest BCUT2D eigenvalue weighted by atomic mass is 31.2. The van der Waals surface area contributed by atoms with Gasteiger partial charge in [0.15, 0.2) is 12.2 Å². The summed E-state index contributed by atoms with van der Waals surface area (Å²) in [6, 6.07) is 0. The number of ether oxygens (including phenoxy) is 4. The van der Waals surface area contributed by atoms with E-state index in [4.69, 9.17) is 37.0 Å². The van der Waals surface area contributed by atoms with Crippen molar-refractivity contribution < 1.29 is 80.2 Å². The SMILES string of the molecule is CCCCCCCCCCCCCCCCCCCCC(=O)O[C@H](COC(=O)CCCCCCCCCCC(C)C)COP(=O)(O)OC[C@@H](O)COP(=O)(O)OC[C@@H](COC(=O)CCCCCCCCCC)OC(=O)CCCCCCCCCCCC. The minimum absolute atomic E-state index is 0.106. The Labute approximate surface area is 530 Å². The molecule has 0 fully saturated rings. The summed E-state index contributed by atoms with van der Waals surface area (Å²) in [5, 5.41) is 10.6. The van der Waals surface area contributed by atoms with Crippen LogP contribution >= 0.6 is 15.6 Å². The topological polar surface area (TPSA) is 237 Å². The van der Waals surface area contributed by atoms with Crippen LogP contribution in [-0.2, 0) is 65.4 Å². The zero-order chi connectivity index (χ0) is 64.2. The molecule has 3 N–H and O–H groups in total. The van der Waals surface area contributed by atoms with Crippen LogP contribution < -0.4 is 0 Å². The summed E-state index contributed by atoms with van der Waals surface area (Å²) >= 11 is 0. The van der Waals surface area contributed by atoms with Crippen molar-refractivity contribution in [2.75, 3.05) is 39.6 Å². The van der Waals surface area contributed by atoms with Crippen LogP contribution in [0.15, 0.2) is 0 Å². The van der Waals surface area contributed by atoms with E-state index in [1.54, 1.807) is 0 Å². The van der Waals surface area contributed by atoms with E-state index in [-0.39, 0.29) is 25.7 Å². The number of aliphatic hydroxyl groups is 1. The second kappa shape index (κ2) is 61.6. The molecule has 516 valence electrons. The largest absolute Gasteiger partial charge is 0.472 e. The molecule has 0 heterocycles. The lowest BCUT2D eigenvalue weighted by molar-refractivity contribution is -0.161. The molecule has 0 aromatic carbocycles. The van der Waals surface area contributed by atoms with Crippen LogP contribution in [0.4, 0.5) is 0 Å². The van der Waals surface area contributed by atoms with Crippen LogP contribution in [0, 0.1) is 5.92 Å². The number of rotatable bonds is 68. The van der Waals surface area contributed by atoms with Crippen LogP contribution in [-0.4, -0.2) is 96.7 Å². The van der Waals surface area contributed by atoms with Crippen molar-refractivity contribution in [2.45, 2.75) is 368 Å². The predicted molar refractivity (Wildman–Crippen MR) is 349 cm³/mol. The van der Waals surface area contributed by atoms with Crippen LogP contribution in [0.25, 0.3) is 0 Å². The van der Waals surface area contributed by atoms with Crippen LogP contribution in [0.3, 0.4) is 0 Å². The fourth-order valence-electron chi connectivity index (χ4n) is 10.3. The Bertz CT molecular complexity index is 1690. The van der Waals surface area contributed by atoms with Gasteiger partial charge in [-0.05, 0) is 31.6 Å². The zero-order valence-electron chi connectivity index (χ0n) is 56.2. The third-order valence-corrected chi connectivity index (χ3v) is 17.7. The fraction of sp³-hybridized carbons (Fsp3) is 0.941. The standard InChI is InChI=1S/C68H132O17P2/c1-6-9-12-15-18-21-23-24-25-26-27-28-29-30-32-39-44-49-54-68(73)85-64(58-79-66(71)52-47-42-37-34-33-35-40-45-50-61(4)5)60-83-87(76,77)81-56-62(69)55-80-86(74,75)82-59-63(57-78-65(70)51-46-41-36-20-17-14-11-8-3)84-67(72)53-48-43-38-31-22-19-16-13-10-7-2/h61-64,69H,6-60H2,1-5H3,(H,74,75)(H,76,77)/t62-,63+,64+/m0/s1. The third kappa shape index (κ3) is 62.6. The molecule has 17 nitrogen and oxygen atoms in total. The summed E-state index contributed by atoms with van der Waals surface area (Å²) in [5.74, 6) is -1.40. The van der Waals surface area contributed by atoms with E-state index in [1.807, 2.05) is 0 Å². The number of unbranched alkanes of at least 4 members (excludes halogenated alkanes) is 40. The molecule has 0 bridgehead atoms. The molecule has 0 aliphatic carbocycles. The first kappa shape index (κ1) is 85.1. The maximum absolute atomic E-state index is 13.0. The predicted octanol–water partition coefficient (Wildman–Crippen LogP) is 19.4. The van der Waals surface area contributed by atoms with Gasteiger partial charge in [-0.2, -0.15) is 0 Å². The molecule has 0 spiro atoms. The molecule has 0 amide bonds. The molecule has 0 aromatic heterocycles. The molecule has 0 aromatic rings. The maximum atomic E-state index is 13.0. The van der Waals surface area contributed by atoms with E-state index in [9.17, 15) is 43.2 Å². The zero-order valence-corrected chi connectivity index (χ0v) is 57.9. The molecular weight excluding hydrogens is 1150 g/mol. The summed E-state index contributed by atoms with van der Waals surface area (Å²) in [7, 11) is -9.89. The lowest BCUT2D eigenvalue weighted by atomic mass is 10.0. The van der Waals surface area contributed by atoms with Crippen molar-refractivity contribution in [1.29, 1.82) is 0 Å². The molecular formula is C68H132O17P2. The van der Waals surface area contributed by atoms with Crippen molar-refractivity contribution >= 4 is 39.5 Å². The van der Waals surface area contributed by atoms with E-state index in [1.165, 1.54) is 167 Å². The Balaban J connectivity index is 5.18. The van der Waals surface area contributed by atoms with Crippen LogP contribution in [0.1, 0.15) is 349 Å². The second-order valence-corrected chi connectivity index (χ2v) is 27.9. The number of esters is 4. The molecule has 0 saturated carbocycles. The monoisotopic (exact) mass is 1280 g/mol. The first-order valence-corrected chi connectivity index (χ1v) is 38.6. The number of phosphoric acid groups is 2. The van der Waals surface area contributed by atoms with Gasteiger partial charge in [0.1, 0.15) is 19.3 Å². The van der Waals surface area contributed by atoms with Crippen molar-refractivity contribution in [2.24, 2.45) is 5.92 Å². The molecule has 5 atom stereocenters. The lowest BCUT2D eigenvalue weighted by Gasteiger charge is -2.21. The molecule has 0 aliphatic heterocycles. The fourth-order valence-corrected chi connectivity index (χ4v) is 11.9. The molecule has 19 heteroatoms. The Morgan fingerprint density at radius 3 is 0.782 bits per heavy atom. The van der Waals surface area contributed by atoms with E-state index >= 15 is 0 Å². The number of carbonyl (C=O) groups is 4. The first-order chi connectivity index (χ1) is 42.0.